The quantitative estimate of drug-likeness (QED) is 0.519. The van der Waals surface area contributed by atoms with Crippen LogP contribution in [-0.4, -0.2) is 32.9 Å². The van der Waals surface area contributed by atoms with Gasteiger partial charge in [-0.1, -0.05) is 23.2 Å². The van der Waals surface area contributed by atoms with Crippen LogP contribution in [0.5, 0.6) is 0 Å². The van der Waals surface area contributed by atoms with Gasteiger partial charge >= 0.3 is 11.9 Å². The maximum absolute atomic E-state index is 11.4. The van der Waals surface area contributed by atoms with Crippen LogP contribution in [0.4, 0.5) is 5.69 Å². The van der Waals surface area contributed by atoms with Gasteiger partial charge in [0.15, 0.2) is 0 Å². The summed E-state index contributed by atoms with van der Waals surface area (Å²) in [6, 6.07) is 10.9. The van der Waals surface area contributed by atoms with Gasteiger partial charge in [-0.25, -0.2) is 9.59 Å². The van der Waals surface area contributed by atoms with Crippen LogP contribution in [0.1, 0.15) is 37.7 Å². The maximum atomic E-state index is 11.4. The Hall–Kier alpha value is -3.09. The molecule has 3 aromatic rings. The van der Waals surface area contributed by atoms with Crippen molar-refractivity contribution < 1.29 is 19.8 Å². The molecule has 0 aliphatic rings. The zero-order chi connectivity index (χ0) is 21.3. The Morgan fingerprint density at radius 3 is 2.10 bits per heavy atom. The van der Waals surface area contributed by atoms with Crippen molar-refractivity contribution in [3.05, 3.63) is 80.6 Å². The first-order valence-electron chi connectivity index (χ1n) is 8.47. The highest BCUT2D eigenvalue weighted by molar-refractivity contribution is 6.42. The Labute approximate surface area is 176 Å². The summed E-state index contributed by atoms with van der Waals surface area (Å²) < 4.78 is 1.79. The predicted octanol–water partition coefficient (Wildman–Crippen LogP) is 5.55. The number of aromatic nitrogens is 1. The Morgan fingerprint density at radius 2 is 1.55 bits per heavy atom. The van der Waals surface area contributed by atoms with Gasteiger partial charge in [0.25, 0.3) is 0 Å². The third-order valence-electron chi connectivity index (χ3n) is 4.40. The van der Waals surface area contributed by atoms with Gasteiger partial charge in [-0.3, -0.25) is 4.99 Å². The van der Waals surface area contributed by atoms with Gasteiger partial charge in [0, 0.05) is 28.9 Å². The first-order valence-corrected chi connectivity index (χ1v) is 9.23. The molecule has 0 bridgehead atoms. The molecule has 29 heavy (non-hydrogen) atoms. The van der Waals surface area contributed by atoms with Crippen molar-refractivity contribution in [2.24, 2.45) is 4.99 Å². The summed E-state index contributed by atoms with van der Waals surface area (Å²) in [7, 11) is 0. The lowest BCUT2D eigenvalue weighted by atomic mass is 10.1. The fraction of sp³-hybridized carbons (Fsp3) is 0.0952. The highest BCUT2D eigenvalue weighted by Crippen LogP contribution is 2.27. The third-order valence-corrected chi connectivity index (χ3v) is 5.14. The van der Waals surface area contributed by atoms with E-state index in [1.165, 1.54) is 12.1 Å². The van der Waals surface area contributed by atoms with E-state index in [9.17, 15) is 19.8 Å². The number of benzene rings is 2. The number of hydrogen-bond donors (Lipinski definition) is 2. The van der Waals surface area contributed by atoms with Gasteiger partial charge in [-0.15, -0.1) is 0 Å². The Bertz CT molecular complexity index is 1130. The summed E-state index contributed by atoms with van der Waals surface area (Å²) in [6.07, 6.45) is 1.66. The Morgan fingerprint density at radius 1 is 0.931 bits per heavy atom. The molecule has 0 aliphatic heterocycles. The van der Waals surface area contributed by atoms with E-state index in [4.69, 9.17) is 23.2 Å². The summed E-state index contributed by atoms with van der Waals surface area (Å²) in [4.78, 5) is 27.2. The van der Waals surface area contributed by atoms with Crippen LogP contribution < -0.4 is 0 Å². The molecule has 6 nitrogen and oxygen atoms in total. The number of hydrogen-bond acceptors (Lipinski definition) is 3. The molecule has 2 aromatic carbocycles. The Balaban J connectivity index is 2.06. The molecule has 2 N–H and O–H groups in total. The standard InChI is InChI=1S/C21H16Cl2N2O4/c1-11-5-15(10-24-16-3-4-18(22)19(23)9-16)12(2)25(11)17-7-13(20(26)27)6-14(8-17)21(28)29/h3-10H,1-2H3,(H,26,27)(H,28,29). The fourth-order valence-corrected chi connectivity index (χ4v) is 3.30. The topological polar surface area (TPSA) is 91.9 Å². The number of carbonyl (C=O) groups is 2. The van der Waals surface area contributed by atoms with Crippen molar-refractivity contribution in [3.8, 4) is 5.69 Å². The summed E-state index contributed by atoms with van der Waals surface area (Å²) in [5.41, 5.74) is 3.27. The number of rotatable bonds is 5. The number of aryl methyl sites for hydroxylation is 1. The van der Waals surface area contributed by atoms with Crippen molar-refractivity contribution in [3.63, 3.8) is 0 Å². The molecule has 0 atom stereocenters. The largest absolute Gasteiger partial charge is 0.478 e. The molecular weight excluding hydrogens is 415 g/mol. The van der Waals surface area contributed by atoms with E-state index in [-0.39, 0.29) is 11.1 Å². The van der Waals surface area contributed by atoms with Crippen molar-refractivity contribution in [1.29, 1.82) is 0 Å². The molecule has 0 radical (unpaired) electrons. The lowest BCUT2D eigenvalue weighted by Gasteiger charge is -2.12. The van der Waals surface area contributed by atoms with E-state index >= 15 is 0 Å². The van der Waals surface area contributed by atoms with E-state index in [1.54, 1.807) is 29.0 Å². The van der Waals surface area contributed by atoms with Gasteiger partial charge in [0.1, 0.15) is 0 Å². The minimum absolute atomic E-state index is 0.0987. The second kappa shape index (κ2) is 8.11. The third kappa shape index (κ3) is 4.34. The SMILES string of the molecule is Cc1cc(C=Nc2ccc(Cl)c(Cl)c2)c(C)n1-c1cc(C(=O)O)cc(C(=O)O)c1. The average molecular weight is 431 g/mol. The first kappa shape index (κ1) is 20.6. The van der Waals surface area contributed by atoms with Gasteiger partial charge in [-0.2, -0.15) is 0 Å². The monoisotopic (exact) mass is 430 g/mol. The molecule has 0 unspecified atom stereocenters. The van der Waals surface area contributed by atoms with Gasteiger partial charge in [0.05, 0.1) is 26.9 Å². The van der Waals surface area contributed by atoms with E-state index in [2.05, 4.69) is 4.99 Å². The Kier molecular flexibility index (Phi) is 5.77. The molecule has 148 valence electrons. The summed E-state index contributed by atoms with van der Waals surface area (Å²) >= 11 is 11.9. The molecule has 0 fully saturated rings. The molecule has 8 heteroatoms. The van der Waals surface area contributed by atoms with Crippen molar-refractivity contribution in [2.75, 3.05) is 0 Å². The minimum atomic E-state index is -1.20. The number of carboxylic acid groups (broad SMARTS) is 2. The predicted molar refractivity (Wildman–Crippen MR) is 113 cm³/mol. The maximum Gasteiger partial charge on any atom is 0.335 e. The molecule has 0 saturated carbocycles. The van der Waals surface area contributed by atoms with E-state index in [1.807, 2.05) is 19.9 Å². The zero-order valence-electron chi connectivity index (χ0n) is 15.5. The highest BCUT2D eigenvalue weighted by atomic mass is 35.5. The van der Waals surface area contributed by atoms with Crippen LogP contribution in [0, 0.1) is 13.8 Å². The molecule has 3 rings (SSSR count). The highest BCUT2D eigenvalue weighted by Gasteiger charge is 2.16. The van der Waals surface area contributed by atoms with Gasteiger partial charge in [0.2, 0.25) is 0 Å². The molecule has 0 aliphatic carbocycles. The molecule has 1 aromatic heterocycles. The van der Waals surface area contributed by atoms with Gasteiger partial charge < -0.3 is 14.8 Å². The van der Waals surface area contributed by atoms with Crippen LogP contribution in [0.15, 0.2) is 47.5 Å². The molecular formula is C21H16Cl2N2O4. The van der Waals surface area contributed by atoms with E-state index in [0.717, 1.165) is 23.0 Å². The second-order valence-electron chi connectivity index (χ2n) is 6.40. The van der Waals surface area contributed by atoms with Gasteiger partial charge in [-0.05, 0) is 56.3 Å². The lowest BCUT2D eigenvalue weighted by Crippen LogP contribution is -2.07. The van der Waals surface area contributed by atoms with Crippen molar-refractivity contribution in [2.45, 2.75) is 13.8 Å². The zero-order valence-corrected chi connectivity index (χ0v) is 17.0. The summed E-state index contributed by atoms with van der Waals surface area (Å²) in [5, 5.41) is 19.5. The summed E-state index contributed by atoms with van der Waals surface area (Å²) in [6.45, 7) is 3.69. The smallest absolute Gasteiger partial charge is 0.335 e. The number of nitrogens with zero attached hydrogens (tertiary/aromatic N) is 2. The molecule has 0 amide bonds. The van der Waals surface area contributed by atoms with Crippen molar-refractivity contribution in [1.82, 2.24) is 4.57 Å². The van der Waals surface area contributed by atoms with E-state index < -0.39 is 11.9 Å². The van der Waals surface area contributed by atoms with Crippen LogP contribution in [0.25, 0.3) is 5.69 Å². The average Bonchev–Trinajstić information content (AvgIpc) is 2.95. The summed E-state index contributed by atoms with van der Waals surface area (Å²) in [5.74, 6) is -2.39. The first-order chi connectivity index (χ1) is 13.7. The van der Waals surface area contributed by atoms with Crippen LogP contribution in [-0.2, 0) is 0 Å². The van der Waals surface area contributed by atoms with Crippen LogP contribution in [0.2, 0.25) is 10.0 Å². The number of carboxylic acids is 2. The number of aromatic carboxylic acids is 2. The molecule has 0 spiro atoms. The fourth-order valence-electron chi connectivity index (χ4n) is 3.01. The molecule has 0 saturated heterocycles. The lowest BCUT2D eigenvalue weighted by molar-refractivity contribution is 0.0696. The molecule has 1 heterocycles. The van der Waals surface area contributed by atoms with E-state index in [0.29, 0.717) is 21.4 Å². The van der Waals surface area contributed by atoms with Crippen LogP contribution in [0.3, 0.4) is 0 Å². The number of halogens is 2. The number of aliphatic imine (C=N–C) groups is 1. The van der Waals surface area contributed by atoms with Crippen LogP contribution >= 0.6 is 23.2 Å². The van der Waals surface area contributed by atoms with Crippen molar-refractivity contribution >= 4 is 47.0 Å². The normalized spacial score (nSPS) is 11.2. The second-order valence-corrected chi connectivity index (χ2v) is 7.21. The minimum Gasteiger partial charge on any atom is -0.478 e.